The van der Waals surface area contributed by atoms with Crippen molar-refractivity contribution in [3.63, 3.8) is 0 Å². The number of esters is 2. The number of carbonyl (C=O) groups excluding carboxylic acids is 3. The Balaban J connectivity index is 1.58. The van der Waals surface area contributed by atoms with Crippen LogP contribution < -0.4 is 4.74 Å². The number of hydrogen-bond donors (Lipinski definition) is 0. The average molecular weight is 435 g/mol. The summed E-state index contributed by atoms with van der Waals surface area (Å²) in [4.78, 5) is 43.8. The zero-order chi connectivity index (χ0) is 22.9. The first-order valence-corrected chi connectivity index (χ1v) is 10.5. The predicted molar refractivity (Wildman–Crippen MR) is 115 cm³/mol. The quantitative estimate of drug-likeness (QED) is 0.391. The molecule has 0 amide bonds. The largest absolute Gasteiger partial charge is 0.481 e. The van der Waals surface area contributed by atoms with Gasteiger partial charge in [-0.2, -0.15) is 0 Å². The summed E-state index contributed by atoms with van der Waals surface area (Å²) < 4.78 is 16.0. The number of methoxy groups -OCH3 is 1. The van der Waals surface area contributed by atoms with Crippen LogP contribution in [0.15, 0.2) is 54.1 Å². The lowest BCUT2D eigenvalue weighted by atomic mass is 9.60. The van der Waals surface area contributed by atoms with Gasteiger partial charge in [-0.25, -0.2) is 9.78 Å². The Labute approximate surface area is 186 Å². The van der Waals surface area contributed by atoms with Gasteiger partial charge in [-0.3, -0.25) is 9.59 Å². The minimum atomic E-state index is -1.52. The zero-order valence-electron chi connectivity index (χ0n) is 18.3. The van der Waals surface area contributed by atoms with E-state index in [1.54, 1.807) is 12.1 Å². The molecule has 2 aromatic rings. The van der Waals surface area contributed by atoms with Crippen molar-refractivity contribution in [2.45, 2.75) is 44.8 Å². The molecule has 0 N–H and O–H groups in total. The van der Waals surface area contributed by atoms with Gasteiger partial charge < -0.3 is 14.2 Å². The predicted octanol–water partition coefficient (Wildman–Crippen LogP) is 3.09. The Hall–Kier alpha value is -3.48. The molecule has 0 spiro atoms. The molecule has 2 aliphatic rings. The monoisotopic (exact) mass is 435 g/mol. The number of rotatable bonds is 6. The van der Waals surface area contributed by atoms with Crippen LogP contribution in [0.3, 0.4) is 0 Å². The van der Waals surface area contributed by atoms with Gasteiger partial charge in [-0.1, -0.05) is 48.0 Å². The van der Waals surface area contributed by atoms with E-state index < -0.39 is 29.4 Å². The fourth-order valence-electron chi connectivity index (χ4n) is 4.47. The van der Waals surface area contributed by atoms with Crippen molar-refractivity contribution >= 4 is 17.7 Å². The summed E-state index contributed by atoms with van der Waals surface area (Å²) >= 11 is 0. The molecule has 32 heavy (non-hydrogen) atoms. The van der Waals surface area contributed by atoms with Crippen molar-refractivity contribution in [3.8, 4) is 5.88 Å². The molecule has 0 radical (unpaired) electrons. The molecular weight excluding hydrogens is 410 g/mol. The SMILES string of the molecule is COc1ccc2c(n1)C[C@@H]1C=C(C)C[C@@]2(C(=O)O[C@@H](C)C(=O)OCc2ccccc2)C1=O. The van der Waals surface area contributed by atoms with Crippen molar-refractivity contribution in [2.75, 3.05) is 7.11 Å². The van der Waals surface area contributed by atoms with Gasteiger partial charge in [0.2, 0.25) is 5.88 Å². The lowest BCUT2D eigenvalue weighted by molar-refractivity contribution is -0.173. The van der Waals surface area contributed by atoms with Gasteiger partial charge in [0.05, 0.1) is 12.8 Å². The van der Waals surface area contributed by atoms with Gasteiger partial charge in [0.15, 0.2) is 17.3 Å². The number of allylic oxidation sites excluding steroid dienone is 2. The first kappa shape index (κ1) is 21.7. The summed E-state index contributed by atoms with van der Waals surface area (Å²) in [6.07, 6.45) is 1.31. The van der Waals surface area contributed by atoms with Crippen LogP contribution in [-0.4, -0.2) is 35.9 Å². The molecule has 4 rings (SSSR count). The molecule has 166 valence electrons. The third kappa shape index (κ3) is 3.79. The Morgan fingerprint density at radius 3 is 2.66 bits per heavy atom. The van der Waals surface area contributed by atoms with Crippen LogP contribution in [0.2, 0.25) is 0 Å². The molecule has 2 aliphatic carbocycles. The summed E-state index contributed by atoms with van der Waals surface area (Å²) in [5, 5.41) is 0. The van der Waals surface area contributed by atoms with E-state index in [4.69, 9.17) is 14.2 Å². The summed E-state index contributed by atoms with van der Waals surface area (Å²) in [6.45, 7) is 3.41. The third-order valence-electron chi connectivity index (χ3n) is 6.01. The van der Waals surface area contributed by atoms with Gasteiger partial charge in [-0.15, -0.1) is 0 Å². The highest BCUT2D eigenvalue weighted by Crippen LogP contribution is 2.46. The average Bonchev–Trinajstić information content (AvgIpc) is 2.79. The molecule has 0 saturated heterocycles. The van der Waals surface area contributed by atoms with Crippen molar-refractivity contribution in [3.05, 3.63) is 70.9 Å². The number of ketones is 1. The maximum Gasteiger partial charge on any atom is 0.347 e. The standard InChI is InChI=1S/C25H25NO6/c1-15-11-18-12-20-19(9-10-21(26-20)30-3)25(13-15,22(18)27)24(29)32-16(2)23(28)31-14-17-7-5-4-6-8-17/h4-11,16,18H,12-14H2,1-3H3/t16-,18-,25-/m0/s1. The van der Waals surface area contributed by atoms with Crippen molar-refractivity contribution in [2.24, 2.45) is 5.92 Å². The molecule has 0 unspecified atom stereocenters. The number of hydrogen-bond acceptors (Lipinski definition) is 7. The fourth-order valence-corrected chi connectivity index (χ4v) is 4.47. The Morgan fingerprint density at radius 1 is 1.19 bits per heavy atom. The lowest BCUT2D eigenvalue weighted by Gasteiger charge is -2.41. The Morgan fingerprint density at radius 2 is 1.94 bits per heavy atom. The highest BCUT2D eigenvalue weighted by molar-refractivity contribution is 6.13. The first-order valence-electron chi connectivity index (χ1n) is 10.5. The maximum atomic E-state index is 13.5. The molecule has 0 fully saturated rings. The fraction of sp³-hybridized carbons (Fsp3) is 0.360. The van der Waals surface area contributed by atoms with Crippen LogP contribution in [0.1, 0.15) is 37.1 Å². The lowest BCUT2D eigenvalue weighted by Crippen LogP contribution is -2.54. The Kier molecular flexibility index (Phi) is 5.82. The number of nitrogens with zero attached hydrogens (tertiary/aromatic N) is 1. The third-order valence-corrected chi connectivity index (χ3v) is 6.01. The van der Waals surface area contributed by atoms with Crippen molar-refractivity contribution in [1.29, 1.82) is 0 Å². The number of fused-ring (bicyclic) bond motifs is 4. The zero-order valence-corrected chi connectivity index (χ0v) is 18.3. The normalized spacial score (nSPS) is 22.3. The van der Waals surface area contributed by atoms with Gasteiger partial charge in [0.25, 0.3) is 0 Å². The molecule has 0 aliphatic heterocycles. The summed E-state index contributed by atoms with van der Waals surface area (Å²) in [6, 6.07) is 12.6. The minimum Gasteiger partial charge on any atom is -0.481 e. The topological polar surface area (TPSA) is 91.8 Å². The van der Waals surface area contributed by atoms with Crippen LogP contribution in [0.5, 0.6) is 5.88 Å². The van der Waals surface area contributed by atoms with Crippen LogP contribution in [0.25, 0.3) is 0 Å². The second-order valence-corrected chi connectivity index (χ2v) is 8.26. The molecular formula is C25H25NO6. The van der Waals surface area contributed by atoms with E-state index in [-0.39, 0.29) is 18.8 Å². The van der Waals surface area contributed by atoms with Crippen molar-refractivity contribution < 1.29 is 28.6 Å². The number of pyridine rings is 1. The smallest absolute Gasteiger partial charge is 0.347 e. The van der Waals surface area contributed by atoms with E-state index in [1.165, 1.54) is 14.0 Å². The van der Waals surface area contributed by atoms with E-state index in [0.29, 0.717) is 23.6 Å². The highest BCUT2D eigenvalue weighted by atomic mass is 16.6. The first-order chi connectivity index (χ1) is 15.3. The molecule has 1 aromatic carbocycles. The molecule has 3 atom stereocenters. The summed E-state index contributed by atoms with van der Waals surface area (Å²) in [5.74, 6) is -1.70. The van der Waals surface area contributed by atoms with Crippen LogP contribution in [-0.2, 0) is 42.3 Å². The van der Waals surface area contributed by atoms with Crippen LogP contribution in [0.4, 0.5) is 0 Å². The molecule has 7 nitrogen and oxygen atoms in total. The van der Waals surface area contributed by atoms with Crippen LogP contribution in [0, 0.1) is 5.92 Å². The van der Waals surface area contributed by atoms with Gasteiger partial charge in [0, 0.05) is 18.4 Å². The molecule has 7 heteroatoms. The Bertz CT molecular complexity index is 1090. The molecule has 1 heterocycles. The number of Topliss-reactive ketones (excluding diaryl/α,β-unsaturated/α-hetero) is 1. The minimum absolute atomic E-state index is 0.0715. The number of ether oxygens (including phenoxy) is 3. The molecule has 1 aromatic heterocycles. The van der Waals surface area contributed by atoms with E-state index in [0.717, 1.165) is 11.1 Å². The second kappa shape index (κ2) is 8.57. The highest BCUT2D eigenvalue weighted by Gasteiger charge is 2.57. The van der Waals surface area contributed by atoms with Gasteiger partial charge in [0.1, 0.15) is 6.61 Å². The number of benzene rings is 1. The summed E-state index contributed by atoms with van der Waals surface area (Å²) in [7, 11) is 1.51. The van der Waals surface area contributed by atoms with E-state index >= 15 is 0 Å². The number of carbonyl (C=O) groups is 3. The molecule has 2 bridgehead atoms. The van der Waals surface area contributed by atoms with Gasteiger partial charge >= 0.3 is 11.9 Å². The van der Waals surface area contributed by atoms with Crippen LogP contribution >= 0.6 is 0 Å². The summed E-state index contributed by atoms with van der Waals surface area (Å²) in [5.41, 5.74) is 1.37. The maximum absolute atomic E-state index is 13.5. The molecule has 0 saturated carbocycles. The van der Waals surface area contributed by atoms with E-state index in [1.807, 2.05) is 43.3 Å². The number of aromatic nitrogens is 1. The van der Waals surface area contributed by atoms with Crippen molar-refractivity contribution in [1.82, 2.24) is 4.98 Å². The second-order valence-electron chi connectivity index (χ2n) is 8.26. The van der Waals surface area contributed by atoms with Gasteiger partial charge in [-0.05, 0) is 31.4 Å². The van der Waals surface area contributed by atoms with E-state index in [9.17, 15) is 14.4 Å². The van der Waals surface area contributed by atoms with E-state index in [2.05, 4.69) is 4.98 Å².